The van der Waals surface area contributed by atoms with E-state index in [9.17, 15) is 18.0 Å². The molecule has 168 valence electrons. The highest BCUT2D eigenvalue weighted by Crippen LogP contribution is 2.29. The van der Waals surface area contributed by atoms with Crippen LogP contribution in [0.15, 0.2) is 61.2 Å². The van der Waals surface area contributed by atoms with E-state index in [2.05, 4.69) is 35.6 Å². The van der Waals surface area contributed by atoms with Crippen molar-refractivity contribution in [3.63, 3.8) is 0 Å². The molecule has 3 heterocycles. The van der Waals surface area contributed by atoms with Crippen molar-refractivity contribution in [2.75, 3.05) is 5.32 Å². The maximum atomic E-state index is 12.9. The first-order valence-electron chi connectivity index (χ1n) is 9.80. The van der Waals surface area contributed by atoms with Gasteiger partial charge in [-0.25, -0.2) is 15.0 Å². The summed E-state index contributed by atoms with van der Waals surface area (Å²) in [5, 5.41) is 5.53. The second-order valence-electron chi connectivity index (χ2n) is 7.13. The molecule has 4 rings (SSSR count). The maximum Gasteiger partial charge on any atom is 0.433 e. The highest BCUT2D eigenvalue weighted by Gasteiger charge is 2.32. The number of halogens is 3. The molecule has 1 amide bonds. The van der Waals surface area contributed by atoms with Crippen LogP contribution in [-0.2, 0) is 12.7 Å². The molecule has 0 aliphatic carbocycles. The van der Waals surface area contributed by atoms with Crippen LogP contribution in [0.5, 0.6) is 0 Å². The minimum Gasteiger partial charge on any atom is -0.347 e. The minimum atomic E-state index is -4.56. The van der Waals surface area contributed by atoms with E-state index < -0.39 is 11.9 Å². The molecule has 3 N–H and O–H groups in total. The molecule has 8 nitrogen and oxygen atoms in total. The number of rotatable bonds is 6. The lowest BCUT2D eigenvalue weighted by atomic mass is 10.0. The molecule has 0 unspecified atom stereocenters. The lowest BCUT2D eigenvalue weighted by Gasteiger charge is -2.11. The number of nitrogens with one attached hydrogen (secondary N) is 3. The van der Waals surface area contributed by atoms with Gasteiger partial charge in [-0.2, -0.15) is 13.2 Å². The Kier molecular flexibility index (Phi) is 6.03. The predicted octanol–water partition coefficient (Wildman–Crippen LogP) is 4.26. The van der Waals surface area contributed by atoms with Crippen molar-refractivity contribution in [1.82, 2.24) is 30.2 Å². The van der Waals surface area contributed by atoms with Crippen molar-refractivity contribution in [2.45, 2.75) is 19.6 Å². The van der Waals surface area contributed by atoms with Crippen LogP contribution >= 0.6 is 0 Å². The van der Waals surface area contributed by atoms with Gasteiger partial charge >= 0.3 is 6.18 Å². The van der Waals surface area contributed by atoms with Gasteiger partial charge in [-0.1, -0.05) is 12.1 Å². The van der Waals surface area contributed by atoms with E-state index in [0.29, 0.717) is 11.5 Å². The van der Waals surface area contributed by atoms with Crippen LogP contribution in [0.25, 0.3) is 11.1 Å². The SMILES string of the molecule is Cc1cc(Nc2nccc(C(F)(F)F)n2)cc(-c2ccc(C(=O)NCc3ncc[nH]3)nc2)c1. The van der Waals surface area contributed by atoms with Gasteiger partial charge in [0.2, 0.25) is 5.95 Å². The lowest BCUT2D eigenvalue weighted by Crippen LogP contribution is -2.24. The Labute approximate surface area is 186 Å². The number of aryl methyl sites for hydroxylation is 1. The molecule has 1 aromatic carbocycles. The summed E-state index contributed by atoms with van der Waals surface area (Å²) in [6.45, 7) is 2.10. The number of anilines is 2. The standard InChI is InChI=1S/C22H18F3N7O/c1-13-8-15(10-16(9-13)31-21-28-5-4-18(32-21)22(23,24)25)14-2-3-17(29-11-14)20(33)30-12-19-26-6-7-27-19/h2-11H,12H2,1H3,(H,26,27)(H,30,33)(H,28,31,32). The monoisotopic (exact) mass is 453 g/mol. The van der Waals surface area contributed by atoms with Crippen LogP contribution < -0.4 is 10.6 Å². The zero-order valence-electron chi connectivity index (χ0n) is 17.3. The Bertz CT molecular complexity index is 1260. The molecule has 0 saturated heterocycles. The fraction of sp³-hybridized carbons (Fsp3) is 0.136. The molecular formula is C22H18F3N7O. The summed E-state index contributed by atoms with van der Waals surface area (Å²) in [6, 6.07) is 9.55. The van der Waals surface area contributed by atoms with Crippen molar-refractivity contribution in [3.8, 4) is 11.1 Å². The third-order valence-electron chi connectivity index (χ3n) is 4.58. The first-order valence-corrected chi connectivity index (χ1v) is 9.80. The van der Waals surface area contributed by atoms with E-state index in [1.165, 1.54) is 0 Å². The van der Waals surface area contributed by atoms with Gasteiger partial charge in [-0.05, 0) is 42.3 Å². The van der Waals surface area contributed by atoms with Crippen LogP contribution in [0.1, 0.15) is 27.6 Å². The minimum absolute atomic E-state index is 0.164. The van der Waals surface area contributed by atoms with Crippen molar-refractivity contribution in [1.29, 1.82) is 0 Å². The molecule has 11 heteroatoms. The number of aromatic nitrogens is 5. The highest BCUT2D eigenvalue weighted by molar-refractivity contribution is 5.92. The number of hydrogen-bond donors (Lipinski definition) is 3. The Hall–Kier alpha value is -4.28. The highest BCUT2D eigenvalue weighted by atomic mass is 19.4. The number of imidazole rings is 1. The van der Waals surface area contributed by atoms with E-state index in [0.717, 1.165) is 29.0 Å². The van der Waals surface area contributed by atoms with Gasteiger partial charge in [0.25, 0.3) is 5.91 Å². The Morgan fingerprint density at radius 3 is 2.58 bits per heavy atom. The molecule has 0 spiro atoms. The summed E-state index contributed by atoms with van der Waals surface area (Å²) in [6.07, 6.45) is 1.31. The average molecular weight is 453 g/mol. The molecule has 0 bridgehead atoms. The number of H-pyrrole nitrogens is 1. The topological polar surface area (TPSA) is 108 Å². The van der Waals surface area contributed by atoms with E-state index in [1.807, 2.05) is 13.0 Å². The van der Waals surface area contributed by atoms with E-state index in [4.69, 9.17) is 0 Å². The van der Waals surface area contributed by atoms with Crippen molar-refractivity contribution < 1.29 is 18.0 Å². The first kappa shape index (κ1) is 21.9. The fourth-order valence-electron chi connectivity index (χ4n) is 3.08. The second kappa shape index (κ2) is 9.07. The van der Waals surface area contributed by atoms with Crippen LogP contribution in [0.3, 0.4) is 0 Å². The third kappa shape index (κ3) is 5.50. The van der Waals surface area contributed by atoms with Gasteiger partial charge in [-0.3, -0.25) is 9.78 Å². The molecule has 0 saturated carbocycles. The molecule has 4 aromatic rings. The van der Waals surface area contributed by atoms with Gasteiger partial charge in [0, 0.05) is 36.0 Å². The number of benzene rings is 1. The van der Waals surface area contributed by atoms with E-state index >= 15 is 0 Å². The number of nitrogens with zero attached hydrogens (tertiary/aromatic N) is 4. The molecule has 0 fully saturated rings. The number of hydrogen-bond acceptors (Lipinski definition) is 6. The predicted molar refractivity (Wildman–Crippen MR) is 114 cm³/mol. The molecule has 0 aliphatic heterocycles. The summed E-state index contributed by atoms with van der Waals surface area (Å²) in [4.78, 5) is 30.8. The third-order valence-corrected chi connectivity index (χ3v) is 4.58. The number of carbonyl (C=O) groups excluding carboxylic acids is 1. The quantitative estimate of drug-likeness (QED) is 0.403. The summed E-state index contributed by atoms with van der Waals surface area (Å²) in [5.41, 5.74) is 2.09. The van der Waals surface area contributed by atoms with Gasteiger partial charge in [0.1, 0.15) is 17.2 Å². The van der Waals surface area contributed by atoms with Crippen molar-refractivity contribution in [2.24, 2.45) is 0 Å². The van der Waals surface area contributed by atoms with Crippen LogP contribution in [0.2, 0.25) is 0 Å². The smallest absolute Gasteiger partial charge is 0.347 e. The zero-order valence-corrected chi connectivity index (χ0v) is 17.3. The summed E-state index contributed by atoms with van der Waals surface area (Å²) < 4.78 is 38.7. The molecule has 3 aromatic heterocycles. The normalized spacial score (nSPS) is 11.3. The maximum absolute atomic E-state index is 12.9. The van der Waals surface area contributed by atoms with E-state index in [1.54, 1.807) is 42.9 Å². The number of pyridine rings is 1. The first-order chi connectivity index (χ1) is 15.8. The molecule has 0 radical (unpaired) electrons. The molecule has 0 aliphatic rings. The average Bonchev–Trinajstić information content (AvgIpc) is 3.30. The summed E-state index contributed by atoms with van der Waals surface area (Å²) in [5.74, 6) is 0.124. The molecule has 0 atom stereocenters. The number of alkyl halides is 3. The van der Waals surface area contributed by atoms with Gasteiger partial charge in [0.05, 0.1) is 6.54 Å². The molecule has 33 heavy (non-hydrogen) atoms. The fourth-order valence-corrected chi connectivity index (χ4v) is 3.08. The number of aromatic amines is 1. The van der Waals surface area contributed by atoms with Gasteiger partial charge in [-0.15, -0.1) is 0 Å². The van der Waals surface area contributed by atoms with Gasteiger partial charge < -0.3 is 15.6 Å². The Balaban J connectivity index is 1.50. The largest absolute Gasteiger partial charge is 0.433 e. The second-order valence-corrected chi connectivity index (χ2v) is 7.13. The Morgan fingerprint density at radius 1 is 1.03 bits per heavy atom. The number of amides is 1. The van der Waals surface area contributed by atoms with Crippen molar-refractivity contribution >= 4 is 17.5 Å². The Morgan fingerprint density at radius 2 is 1.88 bits per heavy atom. The van der Waals surface area contributed by atoms with Crippen LogP contribution in [-0.4, -0.2) is 30.8 Å². The molecular weight excluding hydrogens is 435 g/mol. The summed E-state index contributed by atoms with van der Waals surface area (Å²) in [7, 11) is 0. The van der Waals surface area contributed by atoms with Crippen molar-refractivity contribution in [3.05, 3.63) is 84.0 Å². The zero-order chi connectivity index (χ0) is 23.4. The van der Waals surface area contributed by atoms with Crippen LogP contribution in [0.4, 0.5) is 24.8 Å². The number of carbonyl (C=O) groups is 1. The summed E-state index contributed by atoms with van der Waals surface area (Å²) >= 11 is 0. The van der Waals surface area contributed by atoms with Gasteiger partial charge in [0.15, 0.2) is 0 Å². The van der Waals surface area contributed by atoms with E-state index in [-0.39, 0.29) is 24.1 Å². The van der Waals surface area contributed by atoms with Crippen LogP contribution in [0, 0.1) is 6.92 Å². The lowest BCUT2D eigenvalue weighted by molar-refractivity contribution is -0.141.